The van der Waals surface area contributed by atoms with Crippen LogP contribution in [0.15, 0.2) is 24.3 Å². The van der Waals surface area contributed by atoms with Crippen LogP contribution < -0.4 is 0 Å². The first kappa shape index (κ1) is 8.92. The molecule has 1 aliphatic rings. The van der Waals surface area contributed by atoms with Gasteiger partial charge >= 0.3 is 0 Å². The van der Waals surface area contributed by atoms with Gasteiger partial charge in [0.25, 0.3) is 0 Å². The van der Waals surface area contributed by atoms with E-state index in [0.29, 0.717) is 5.92 Å². The Labute approximate surface area is 88.4 Å². The smallest absolute Gasteiger partial charge is 0.110 e. The van der Waals surface area contributed by atoms with Crippen LogP contribution in [0.2, 0.25) is 0 Å². The molecule has 0 saturated carbocycles. The molecule has 3 heteroatoms. The second-order valence-electron chi connectivity index (χ2n) is 4.21. The monoisotopic (exact) mass is 202 g/mol. The predicted molar refractivity (Wildman–Crippen MR) is 58.6 cm³/mol. The largest absolute Gasteiger partial charge is 0.396 e. The van der Waals surface area contributed by atoms with Gasteiger partial charge in [0.05, 0.1) is 11.0 Å². The fraction of sp³-hybridized carbons (Fsp3) is 0.417. The Morgan fingerprint density at radius 2 is 2.27 bits per heavy atom. The zero-order valence-corrected chi connectivity index (χ0v) is 8.56. The first-order valence-electron chi connectivity index (χ1n) is 5.43. The Bertz CT molecular complexity index is 489. The number of imidazole rings is 1. The molecule has 1 N–H and O–H groups in total. The first-order valence-corrected chi connectivity index (χ1v) is 5.43. The molecule has 78 valence electrons. The zero-order valence-electron chi connectivity index (χ0n) is 8.56. The number of nitrogens with zero attached hydrogens (tertiary/aromatic N) is 2. The third kappa shape index (κ3) is 1.35. The van der Waals surface area contributed by atoms with Crippen LogP contribution in [0, 0.1) is 5.92 Å². The summed E-state index contributed by atoms with van der Waals surface area (Å²) in [5, 5.41) is 9.15. The van der Waals surface area contributed by atoms with E-state index in [2.05, 4.69) is 27.8 Å². The van der Waals surface area contributed by atoms with Crippen LogP contribution in [0.3, 0.4) is 0 Å². The standard InChI is InChI=1S/C12H14N2O/c15-8-9-5-6-14-11-4-2-1-3-10(11)13-12(14)7-9/h1-4,9,15H,5-8H2/t9-/m1/s1. The van der Waals surface area contributed by atoms with E-state index in [1.165, 1.54) is 5.52 Å². The molecule has 0 fully saturated rings. The number of benzene rings is 1. The number of hydrogen-bond acceptors (Lipinski definition) is 2. The zero-order chi connectivity index (χ0) is 10.3. The maximum atomic E-state index is 9.15. The summed E-state index contributed by atoms with van der Waals surface area (Å²) in [7, 11) is 0. The molecule has 2 aromatic rings. The summed E-state index contributed by atoms with van der Waals surface area (Å²) in [4.78, 5) is 4.60. The molecular weight excluding hydrogens is 188 g/mol. The summed E-state index contributed by atoms with van der Waals surface area (Å²) in [5.74, 6) is 1.52. The first-order chi connectivity index (χ1) is 7.38. The van der Waals surface area contributed by atoms with Gasteiger partial charge in [0, 0.05) is 19.6 Å². The molecule has 0 aliphatic carbocycles. The number of aromatic nitrogens is 2. The van der Waals surface area contributed by atoms with E-state index in [1.54, 1.807) is 0 Å². The molecule has 0 radical (unpaired) electrons. The van der Waals surface area contributed by atoms with Gasteiger partial charge < -0.3 is 9.67 Å². The third-order valence-corrected chi connectivity index (χ3v) is 3.22. The second kappa shape index (κ2) is 3.35. The molecule has 0 saturated heterocycles. The minimum Gasteiger partial charge on any atom is -0.396 e. The van der Waals surface area contributed by atoms with Crippen molar-refractivity contribution in [3.8, 4) is 0 Å². The summed E-state index contributed by atoms with van der Waals surface area (Å²) in [6.07, 6.45) is 1.97. The summed E-state index contributed by atoms with van der Waals surface area (Å²) in [5.41, 5.74) is 2.30. The van der Waals surface area contributed by atoms with Gasteiger partial charge in [0.1, 0.15) is 5.82 Å². The van der Waals surface area contributed by atoms with Crippen molar-refractivity contribution in [2.24, 2.45) is 5.92 Å². The van der Waals surface area contributed by atoms with E-state index in [1.807, 2.05) is 6.07 Å². The summed E-state index contributed by atoms with van der Waals surface area (Å²) in [6.45, 7) is 1.27. The second-order valence-corrected chi connectivity index (χ2v) is 4.21. The van der Waals surface area contributed by atoms with Crippen LogP contribution in [-0.2, 0) is 13.0 Å². The Kier molecular flexibility index (Phi) is 1.99. The van der Waals surface area contributed by atoms with Crippen molar-refractivity contribution in [3.05, 3.63) is 30.1 Å². The lowest BCUT2D eigenvalue weighted by Crippen LogP contribution is -2.21. The lowest BCUT2D eigenvalue weighted by molar-refractivity contribution is 0.200. The molecular formula is C12H14N2O. The molecule has 1 aliphatic heterocycles. The van der Waals surface area contributed by atoms with Gasteiger partial charge in [-0.25, -0.2) is 4.98 Å². The average Bonchev–Trinajstić information content (AvgIpc) is 2.66. The van der Waals surface area contributed by atoms with Gasteiger partial charge in [-0.15, -0.1) is 0 Å². The maximum absolute atomic E-state index is 9.15. The van der Waals surface area contributed by atoms with Crippen LogP contribution in [-0.4, -0.2) is 21.3 Å². The van der Waals surface area contributed by atoms with Gasteiger partial charge in [-0.2, -0.15) is 0 Å². The molecule has 1 aromatic carbocycles. The van der Waals surface area contributed by atoms with E-state index in [4.69, 9.17) is 5.11 Å². The van der Waals surface area contributed by atoms with Gasteiger partial charge in [-0.3, -0.25) is 0 Å². The minimum absolute atomic E-state index is 0.281. The van der Waals surface area contributed by atoms with E-state index in [-0.39, 0.29) is 6.61 Å². The molecule has 3 rings (SSSR count). The van der Waals surface area contributed by atoms with Crippen LogP contribution >= 0.6 is 0 Å². The van der Waals surface area contributed by atoms with Crippen molar-refractivity contribution in [1.29, 1.82) is 0 Å². The molecule has 3 nitrogen and oxygen atoms in total. The summed E-state index contributed by atoms with van der Waals surface area (Å²) >= 11 is 0. The van der Waals surface area contributed by atoms with Crippen LogP contribution in [0.4, 0.5) is 0 Å². The molecule has 0 bridgehead atoms. The highest BCUT2D eigenvalue weighted by Gasteiger charge is 2.20. The van der Waals surface area contributed by atoms with E-state index in [9.17, 15) is 0 Å². The van der Waals surface area contributed by atoms with Crippen LogP contribution in [0.5, 0.6) is 0 Å². The highest BCUT2D eigenvalue weighted by molar-refractivity contribution is 5.75. The Hall–Kier alpha value is -1.35. The third-order valence-electron chi connectivity index (χ3n) is 3.22. The minimum atomic E-state index is 0.281. The van der Waals surface area contributed by atoms with E-state index < -0.39 is 0 Å². The highest BCUT2D eigenvalue weighted by atomic mass is 16.3. The number of aryl methyl sites for hydroxylation is 1. The summed E-state index contributed by atoms with van der Waals surface area (Å²) < 4.78 is 2.28. The predicted octanol–water partition coefficient (Wildman–Crippen LogP) is 1.59. The normalized spacial score (nSPS) is 20.5. The fourth-order valence-electron chi connectivity index (χ4n) is 2.36. The molecule has 1 atom stereocenters. The van der Waals surface area contributed by atoms with Crippen molar-refractivity contribution in [2.45, 2.75) is 19.4 Å². The van der Waals surface area contributed by atoms with Crippen molar-refractivity contribution in [2.75, 3.05) is 6.61 Å². The lowest BCUT2D eigenvalue weighted by atomic mass is 9.99. The number of rotatable bonds is 1. The molecule has 0 amide bonds. The molecule has 0 spiro atoms. The van der Waals surface area contributed by atoms with Gasteiger partial charge in [0.15, 0.2) is 0 Å². The van der Waals surface area contributed by atoms with Crippen molar-refractivity contribution in [1.82, 2.24) is 9.55 Å². The summed E-state index contributed by atoms with van der Waals surface area (Å²) in [6, 6.07) is 8.24. The van der Waals surface area contributed by atoms with Gasteiger partial charge in [-0.05, 0) is 24.5 Å². The van der Waals surface area contributed by atoms with E-state index >= 15 is 0 Å². The topological polar surface area (TPSA) is 38.0 Å². The Morgan fingerprint density at radius 3 is 3.13 bits per heavy atom. The average molecular weight is 202 g/mol. The molecule has 0 unspecified atom stereocenters. The van der Waals surface area contributed by atoms with Crippen LogP contribution in [0.25, 0.3) is 11.0 Å². The molecule has 1 aromatic heterocycles. The Morgan fingerprint density at radius 1 is 1.40 bits per heavy atom. The quantitative estimate of drug-likeness (QED) is 0.762. The number of fused-ring (bicyclic) bond motifs is 3. The number of para-hydroxylation sites is 2. The number of aliphatic hydroxyl groups excluding tert-OH is 1. The number of aliphatic hydroxyl groups is 1. The molecule has 15 heavy (non-hydrogen) atoms. The van der Waals surface area contributed by atoms with E-state index in [0.717, 1.165) is 30.7 Å². The molecule has 2 heterocycles. The highest BCUT2D eigenvalue weighted by Crippen LogP contribution is 2.24. The SMILES string of the molecule is OC[C@@H]1CCn2c(nc3ccccc32)C1. The maximum Gasteiger partial charge on any atom is 0.110 e. The van der Waals surface area contributed by atoms with Crippen molar-refractivity contribution >= 4 is 11.0 Å². The lowest BCUT2D eigenvalue weighted by Gasteiger charge is -2.21. The van der Waals surface area contributed by atoms with Crippen LogP contribution in [0.1, 0.15) is 12.2 Å². The van der Waals surface area contributed by atoms with Gasteiger partial charge in [-0.1, -0.05) is 12.1 Å². The fourth-order valence-corrected chi connectivity index (χ4v) is 2.36. The number of hydrogen-bond donors (Lipinski definition) is 1. The van der Waals surface area contributed by atoms with Gasteiger partial charge in [0.2, 0.25) is 0 Å². The van der Waals surface area contributed by atoms with Crippen molar-refractivity contribution < 1.29 is 5.11 Å². The Balaban J connectivity index is 2.12. The van der Waals surface area contributed by atoms with Crippen molar-refractivity contribution in [3.63, 3.8) is 0 Å².